The first-order chi connectivity index (χ1) is 9.61. The highest BCUT2D eigenvalue weighted by Crippen LogP contribution is 2.39. The lowest BCUT2D eigenvalue weighted by Gasteiger charge is -2.14. The second-order valence-corrected chi connectivity index (χ2v) is 5.38. The normalized spacial score (nSPS) is 18.3. The first-order valence-electron chi connectivity index (χ1n) is 6.76. The maximum absolute atomic E-state index is 9.44. The van der Waals surface area contributed by atoms with Gasteiger partial charge in [-0.05, 0) is 50.1 Å². The Morgan fingerprint density at radius 1 is 1.20 bits per heavy atom. The number of aromatic nitrogens is 1. The van der Waals surface area contributed by atoms with Gasteiger partial charge in [-0.2, -0.15) is 5.26 Å². The zero-order chi connectivity index (χ0) is 14.3. The summed E-state index contributed by atoms with van der Waals surface area (Å²) < 4.78 is 0. The second kappa shape index (κ2) is 4.61. The predicted molar refractivity (Wildman–Crippen MR) is 81.3 cm³/mol. The Labute approximate surface area is 119 Å². The van der Waals surface area contributed by atoms with Gasteiger partial charge in [-0.15, -0.1) is 0 Å². The summed E-state index contributed by atoms with van der Waals surface area (Å²) in [4.78, 5) is 4.33. The summed E-state index contributed by atoms with van der Waals surface area (Å²) >= 11 is 0. The Balaban J connectivity index is 2.25. The number of nitrogens with zero attached hydrogens (tertiary/aromatic N) is 2. The van der Waals surface area contributed by atoms with Crippen LogP contribution in [0, 0.1) is 11.3 Å². The van der Waals surface area contributed by atoms with E-state index in [1.165, 1.54) is 16.7 Å². The molecule has 1 aliphatic carbocycles. The zero-order valence-electron chi connectivity index (χ0n) is 11.9. The van der Waals surface area contributed by atoms with E-state index >= 15 is 0 Å². The van der Waals surface area contributed by atoms with E-state index in [1.807, 2.05) is 18.2 Å². The number of benzene rings is 1. The predicted octanol–water partition coefficient (Wildman–Crippen LogP) is 4.49. The maximum atomic E-state index is 9.44. The average Bonchev–Trinajstić information content (AvgIpc) is 2.73. The molecule has 0 spiro atoms. The third-order valence-electron chi connectivity index (χ3n) is 4.30. The monoisotopic (exact) mass is 260 g/mol. The minimum Gasteiger partial charge on any atom is -0.256 e. The molecule has 3 rings (SSSR count). The molecule has 2 nitrogen and oxygen atoms in total. The molecule has 0 amide bonds. The fourth-order valence-electron chi connectivity index (χ4n) is 2.86. The van der Waals surface area contributed by atoms with Crippen molar-refractivity contribution in [2.75, 3.05) is 0 Å². The van der Waals surface area contributed by atoms with Crippen LogP contribution in [0.1, 0.15) is 37.8 Å². The molecule has 1 unspecified atom stereocenters. The van der Waals surface area contributed by atoms with Gasteiger partial charge >= 0.3 is 0 Å². The highest BCUT2D eigenvalue weighted by atomic mass is 14.6. The molecule has 0 saturated heterocycles. The Hall–Kier alpha value is -2.40. The molecule has 0 radical (unpaired) electrons. The van der Waals surface area contributed by atoms with Crippen molar-refractivity contribution in [3.63, 3.8) is 0 Å². The smallest absolute Gasteiger partial charge is 0.0995 e. The highest BCUT2D eigenvalue weighted by molar-refractivity contribution is 5.81. The molecule has 1 aliphatic rings. The van der Waals surface area contributed by atoms with E-state index in [4.69, 9.17) is 0 Å². The lowest BCUT2D eigenvalue weighted by Crippen LogP contribution is -1.99. The van der Waals surface area contributed by atoms with Gasteiger partial charge in [0.15, 0.2) is 0 Å². The van der Waals surface area contributed by atoms with Gasteiger partial charge in [0, 0.05) is 17.5 Å². The van der Waals surface area contributed by atoms with Crippen molar-refractivity contribution >= 4 is 10.9 Å². The minimum absolute atomic E-state index is 0.217. The van der Waals surface area contributed by atoms with E-state index < -0.39 is 0 Å². The van der Waals surface area contributed by atoms with Crippen LogP contribution in [0.2, 0.25) is 0 Å². The van der Waals surface area contributed by atoms with Gasteiger partial charge in [-0.1, -0.05) is 23.3 Å². The lowest BCUT2D eigenvalue weighted by atomic mass is 9.89. The number of fused-ring (bicyclic) bond motifs is 1. The largest absolute Gasteiger partial charge is 0.256 e. The Morgan fingerprint density at radius 2 is 2.00 bits per heavy atom. The van der Waals surface area contributed by atoms with E-state index in [1.54, 1.807) is 6.20 Å². The maximum Gasteiger partial charge on any atom is 0.0995 e. The van der Waals surface area contributed by atoms with Crippen LogP contribution >= 0.6 is 0 Å². The van der Waals surface area contributed by atoms with Gasteiger partial charge in [-0.25, -0.2) is 0 Å². The molecule has 2 heteroatoms. The van der Waals surface area contributed by atoms with Gasteiger partial charge in [0.2, 0.25) is 0 Å². The molecule has 0 aliphatic heterocycles. The Kier molecular flexibility index (Phi) is 2.91. The van der Waals surface area contributed by atoms with Crippen LogP contribution in [0.3, 0.4) is 0 Å². The molecule has 0 bridgehead atoms. The van der Waals surface area contributed by atoms with Crippen molar-refractivity contribution < 1.29 is 0 Å². The van der Waals surface area contributed by atoms with Crippen molar-refractivity contribution in [1.82, 2.24) is 4.98 Å². The van der Waals surface area contributed by atoms with Gasteiger partial charge < -0.3 is 0 Å². The van der Waals surface area contributed by atoms with Crippen molar-refractivity contribution in [3.05, 3.63) is 64.4 Å². The lowest BCUT2D eigenvalue weighted by molar-refractivity contribution is 0.999. The zero-order valence-corrected chi connectivity index (χ0v) is 11.9. The molecule has 1 heterocycles. The first-order valence-corrected chi connectivity index (χ1v) is 6.76. The SMILES string of the molecule is CC1=CC(c2cc3cccnc3cc2C#N)C(C)=C1C. The topological polar surface area (TPSA) is 36.7 Å². The summed E-state index contributed by atoms with van der Waals surface area (Å²) in [7, 11) is 0. The fourth-order valence-corrected chi connectivity index (χ4v) is 2.86. The molecule has 1 aromatic carbocycles. The number of pyridine rings is 1. The molecule has 20 heavy (non-hydrogen) atoms. The summed E-state index contributed by atoms with van der Waals surface area (Å²) in [6, 6.07) is 10.3. The third-order valence-corrected chi connectivity index (χ3v) is 4.30. The quantitative estimate of drug-likeness (QED) is 0.757. The van der Waals surface area contributed by atoms with Crippen molar-refractivity contribution in [1.29, 1.82) is 5.26 Å². The van der Waals surface area contributed by atoms with E-state index in [9.17, 15) is 5.26 Å². The van der Waals surface area contributed by atoms with Crippen LogP contribution < -0.4 is 0 Å². The number of hydrogen-bond acceptors (Lipinski definition) is 2. The van der Waals surface area contributed by atoms with Crippen LogP contribution in [-0.4, -0.2) is 4.98 Å². The number of allylic oxidation sites excluding steroid dienone is 4. The van der Waals surface area contributed by atoms with Crippen molar-refractivity contribution in [2.45, 2.75) is 26.7 Å². The van der Waals surface area contributed by atoms with E-state index in [0.717, 1.165) is 22.0 Å². The van der Waals surface area contributed by atoms with Gasteiger partial charge in [0.1, 0.15) is 0 Å². The number of rotatable bonds is 1. The summed E-state index contributed by atoms with van der Waals surface area (Å²) in [5, 5.41) is 10.5. The van der Waals surface area contributed by atoms with E-state index in [-0.39, 0.29) is 5.92 Å². The van der Waals surface area contributed by atoms with Crippen LogP contribution in [0.5, 0.6) is 0 Å². The highest BCUT2D eigenvalue weighted by Gasteiger charge is 2.23. The molecule has 2 aromatic rings. The van der Waals surface area contributed by atoms with Crippen LogP contribution in [0.15, 0.2) is 53.3 Å². The average molecular weight is 260 g/mol. The van der Waals surface area contributed by atoms with Crippen LogP contribution in [0.4, 0.5) is 0 Å². The molecular weight excluding hydrogens is 244 g/mol. The molecule has 98 valence electrons. The fraction of sp³-hybridized carbons (Fsp3) is 0.222. The van der Waals surface area contributed by atoms with Gasteiger partial charge in [0.25, 0.3) is 0 Å². The van der Waals surface area contributed by atoms with Crippen molar-refractivity contribution in [2.24, 2.45) is 0 Å². The summed E-state index contributed by atoms with van der Waals surface area (Å²) in [5.41, 5.74) is 6.67. The summed E-state index contributed by atoms with van der Waals surface area (Å²) in [6.07, 6.45) is 4.02. The molecule has 1 aromatic heterocycles. The van der Waals surface area contributed by atoms with Crippen molar-refractivity contribution in [3.8, 4) is 6.07 Å². The molecule has 0 N–H and O–H groups in total. The van der Waals surface area contributed by atoms with Gasteiger partial charge in [-0.3, -0.25) is 4.98 Å². The standard InChI is InChI=1S/C18H16N2/c1-11-7-16(13(3)12(11)2)17-8-14-5-4-6-20-18(14)9-15(17)10-19/h4-9,16H,1-3H3. The molecule has 0 fully saturated rings. The number of hydrogen-bond donors (Lipinski definition) is 0. The van der Waals surface area contributed by atoms with Gasteiger partial charge in [0.05, 0.1) is 17.1 Å². The number of nitriles is 1. The van der Waals surface area contributed by atoms with E-state index in [0.29, 0.717) is 0 Å². The Morgan fingerprint density at radius 3 is 2.65 bits per heavy atom. The molecular formula is C18H16N2. The van der Waals surface area contributed by atoms with E-state index in [2.05, 4.69) is 44.0 Å². The third kappa shape index (κ3) is 1.83. The summed E-state index contributed by atoms with van der Waals surface area (Å²) in [6.45, 7) is 6.44. The summed E-state index contributed by atoms with van der Waals surface area (Å²) in [5.74, 6) is 0.217. The molecule has 1 atom stereocenters. The molecule has 0 saturated carbocycles. The van der Waals surface area contributed by atoms with Crippen LogP contribution in [-0.2, 0) is 0 Å². The first kappa shape index (κ1) is 12.6. The minimum atomic E-state index is 0.217. The van der Waals surface area contributed by atoms with Crippen LogP contribution in [0.25, 0.3) is 10.9 Å². The second-order valence-electron chi connectivity index (χ2n) is 5.38. The Bertz CT molecular complexity index is 804.